The van der Waals surface area contributed by atoms with Gasteiger partial charge in [0.15, 0.2) is 0 Å². The second kappa shape index (κ2) is 5.15. The zero-order valence-electron chi connectivity index (χ0n) is 9.77. The second-order valence-corrected chi connectivity index (χ2v) is 5.33. The van der Waals surface area contributed by atoms with Gasteiger partial charge in [0.25, 0.3) is 0 Å². The predicted octanol–water partition coefficient (Wildman–Crippen LogP) is 4.55. The van der Waals surface area contributed by atoms with Gasteiger partial charge < -0.3 is 4.98 Å². The molecule has 0 aliphatic carbocycles. The van der Waals surface area contributed by atoms with Crippen LogP contribution in [-0.4, -0.2) is 15.0 Å². The third kappa shape index (κ3) is 2.55. The number of aromatic nitrogens is 3. The number of rotatable bonds is 2. The fraction of sp³-hybridized carbons (Fsp3) is 0. The maximum Gasteiger partial charge on any atom is 0.139 e. The van der Waals surface area contributed by atoms with Gasteiger partial charge in [-0.2, -0.15) is 0 Å². The molecule has 3 aromatic rings. The molecule has 0 spiro atoms. The lowest BCUT2D eigenvalue weighted by Gasteiger charge is -2.01. The number of pyridine rings is 1. The minimum atomic E-state index is 0.662. The average Bonchev–Trinajstić information content (AvgIpc) is 2.92. The van der Waals surface area contributed by atoms with Gasteiger partial charge in [-0.05, 0) is 30.3 Å². The van der Waals surface area contributed by atoms with Gasteiger partial charge in [-0.15, -0.1) is 0 Å². The van der Waals surface area contributed by atoms with E-state index in [1.165, 1.54) is 0 Å². The van der Waals surface area contributed by atoms with Crippen molar-refractivity contribution in [2.24, 2.45) is 0 Å². The maximum atomic E-state index is 6.19. The van der Waals surface area contributed by atoms with Crippen LogP contribution in [0.25, 0.3) is 22.6 Å². The second-order valence-electron chi connectivity index (χ2n) is 4.01. The summed E-state index contributed by atoms with van der Waals surface area (Å²) in [6, 6.07) is 9.55. The predicted molar refractivity (Wildman–Crippen MR) is 80.0 cm³/mol. The molecule has 5 heteroatoms. The summed E-state index contributed by atoms with van der Waals surface area (Å²) in [7, 11) is 0. The quantitative estimate of drug-likeness (QED) is 0.746. The van der Waals surface area contributed by atoms with Gasteiger partial charge in [-0.25, -0.2) is 4.98 Å². The molecule has 2 heterocycles. The van der Waals surface area contributed by atoms with Crippen molar-refractivity contribution in [3.8, 4) is 22.6 Å². The van der Waals surface area contributed by atoms with Crippen molar-refractivity contribution in [3.63, 3.8) is 0 Å². The van der Waals surface area contributed by atoms with Crippen molar-refractivity contribution in [2.45, 2.75) is 0 Å². The summed E-state index contributed by atoms with van der Waals surface area (Å²) in [4.78, 5) is 11.7. The SMILES string of the molecule is Clc1ccc(Br)cc1-c1ncc(-c2cccnc2)[nH]1. The lowest BCUT2D eigenvalue weighted by atomic mass is 10.2. The molecule has 0 bridgehead atoms. The summed E-state index contributed by atoms with van der Waals surface area (Å²) < 4.78 is 0.964. The van der Waals surface area contributed by atoms with Crippen LogP contribution >= 0.6 is 27.5 Å². The Hall–Kier alpha value is -1.65. The molecule has 0 amide bonds. The average molecular weight is 335 g/mol. The van der Waals surface area contributed by atoms with E-state index in [2.05, 4.69) is 30.9 Å². The van der Waals surface area contributed by atoms with E-state index in [0.29, 0.717) is 5.02 Å². The molecule has 3 nitrogen and oxygen atoms in total. The highest BCUT2D eigenvalue weighted by molar-refractivity contribution is 9.10. The van der Waals surface area contributed by atoms with Crippen molar-refractivity contribution in [1.82, 2.24) is 15.0 Å². The molecule has 2 aromatic heterocycles. The highest BCUT2D eigenvalue weighted by Crippen LogP contribution is 2.30. The van der Waals surface area contributed by atoms with Gasteiger partial charge >= 0.3 is 0 Å². The Kier molecular flexibility index (Phi) is 3.36. The first-order valence-electron chi connectivity index (χ1n) is 5.65. The Bertz CT molecular complexity index is 710. The van der Waals surface area contributed by atoms with Gasteiger partial charge in [-0.3, -0.25) is 4.98 Å². The molecule has 94 valence electrons. The number of hydrogen-bond donors (Lipinski definition) is 1. The summed E-state index contributed by atoms with van der Waals surface area (Å²) in [6.07, 6.45) is 5.31. The number of hydrogen-bond acceptors (Lipinski definition) is 2. The van der Waals surface area contributed by atoms with Crippen LogP contribution in [0.15, 0.2) is 53.4 Å². The monoisotopic (exact) mass is 333 g/mol. The highest BCUT2D eigenvalue weighted by Gasteiger charge is 2.09. The molecular formula is C14H9BrClN3. The van der Waals surface area contributed by atoms with E-state index in [1.54, 1.807) is 18.6 Å². The van der Waals surface area contributed by atoms with E-state index in [4.69, 9.17) is 11.6 Å². The van der Waals surface area contributed by atoms with E-state index in [-0.39, 0.29) is 0 Å². The van der Waals surface area contributed by atoms with Gasteiger partial charge in [0.05, 0.1) is 16.9 Å². The normalized spacial score (nSPS) is 10.6. The van der Waals surface area contributed by atoms with Crippen molar-refractivity contribution >= 4 is 27.5 Å². The number of H-pyrrole nitrogens is 1. The molecule has 1 N–H and O–H groups in total. The summed E-state index contributed by atoms with van der Waals surface area (Å²) >= 11 is 9.63. The van der Waals surface area contributed by atoms with E-state index >= 15 is 0 Å². The molecule has 0 saturated carbocycles. The molecule has 19 heavy (non-hydrogen) atoms. The van der Waals surface area contributed by atoms with E-state index < -0.39 is 0 Å². The smallest absolute Gasteiger partial charge is 0.139 e. The molecule has 0 saturated heterocycles. The van der Waals surface area contributed by atoms with Crippen molar-refractivity contribution in [1.29, 1.82) is 0 Å². The Morgan fingerprint density at radius 2 is 2.05 bits per heavy atom. The van der Waals surface area contributed by atoms with Crippen LogP contribution in [0.3, 0.4) is 0 Å². The number of nitrogens with zero attached hydrogens (tertiary/aromatic N) is 2. The van der Waals surface area contributed by atoms with Crippen LogP contribution in [0.2, 0.25) is 5.02 Å². The Balaban J connectivity index is 2.04. The first kappa shape index (κ1) is 12.4. The van der Waals surface area contributed by atoms with Crippen LogP contribution in [0.5, 0.6) is 0 Å². The first-order chi connectivity index (χ1) is 9.24. The number of aromatic amines is 1. The Labute approximate surface area is 123 Å². The van der Waals surface area contributed by atoms with Crippen LogP contribution < -0.4 is 0 Å². The molecular weight excluding hydrogens is 326 g/mol. The van der Waals surface area contributed by atoms with E-state index in [9.17, 15) is 0 Å². The van der Waals surface area contributed by atoms with Crippen LogP contribution in [0, 0.1) is 0 Å². The molecule has 3 rings (SSSR count). The van der Waals surface area contributed by atoms with Crippen LogP contribution in [0.4, 0.5) is 0 Å². The summed E-state index contributed by atoms with van der Waals surface area (Å²) in [5, 5.41) is 0.662. The minimum Gasteiger partial charge on any atom is -0.338 e. The molecule has 1 aromatic carbocycles. The zero-order valence-corrected chi connectivity index (χ0v) is 12.1. The van der Waals surface area contributed by atoms with Gasteiger partial charge in [-0.1, -0.05) is 27.5 Å². The molecule has 0 unspecified atom stereocenters. The van der Waals surface area contributed by atoms with E-state index in [0.717, 1.165) is 27.1 Å². The Morgan fingerprint density at radius 3 is 2.84 bits per heavy atom. The maximum absolute atomic E-state index is 6.19. The highest BCUT2D eigenvalue weighted by atomic mass is 79.9. The van der Waals surface area contributed by atoms with E-state index in [1.807, 2.05) is 30.3 Å². The molecule has 0 atom stereocenters. The summed E-state index contributed by atoms with van der Waals surface area (Å²) in [5.74, 6) is 0.741. The Morgan fingerprint density at radius 1 is 1.16 bits per heavy atom. The zero-order chi connectivity index (χ0) is 13.2. The topological polar surface area (TPSA) is 41.6 Å². The largest absolute Gasteiger partial charge is 0.338 e. The number of imidazole rings is 1. The lowest BCUT2D eigenvalue weighted by molar-refractivity contribution is 1.29. The lowest BCUT2D eigenvalue weighted by Crippen LogP contribution is -1.83. The minimum absolute atomic E-state index is 0.662. The van der Waals surface area contributed by atoms with Crippen LogP contribution in [-0.2, 0) is 0 Å². The van der Waals surface area contributed by atoms with Gasteiger partial charge in [0.1, 0.15) is 5.82 Å². The number of benzene rings is 1. The number of nitrogens with one attached hydrogen (secondary N) is 1. The van der Waals surface area contributed by atoms with Crippen LogP contribution in [0.1, 0.15) is 0 Å². The van der Waals surface area contributed by atoms with Crippen molar-refractivity contribution < 1.29 is 0 Å². The molecule has 0 fully saturated rings. The fourth-order valence-electron chi connectivity index (χ4n) is 1.81. The fourth-order valence-corrected chi connectivity index (χ4v) is 2.37. The van der Waals surface area contributed by atoms with Crippen molar-refractivity contribution in [2.75, 3.05) is 0 Å². The van der Waals surface area contributed by atoms with Crippen molar-refractivity contribution in [3.05, 3.63) is 58.4 Å². The summed E-state index contributed by atoms with van der Waals surface area (Å²) in [5.41, 5.74) is 2.78. The first-order valence-corrected chi connectivity index (χ1v) is 6.82. The molecule has 0 radical (unpaired) electrons. The van der Waals surface area contributed by atoms with Gasteiger partial charge in [0.2, 0.25) is 0 Å². The molecule has 0 aliphatic rings. The molecule has 0 aliphatic heterocycles. The third-order valence-electron chi connectivity index (χ3n) is 2.73. The summed E-state index contributed by atoms with van der Waals surface area (Å²) in [6.45, 7) is 0. The standard InChI is InChI=1S/C14H9BrClN3/c15-10-3-4-12(16)11(6-10)14-18-8-13(19-14)9-2-1-5-17-7-9/h1-8H,(H,18,19). The number of halogens is 2. The van der Waals surface area contributed by atoms with Gasteiger partial charge in [0, 0.05) is 28.0 Å². The third-order valence-corrected chi connectivity index (χ3v) is 3.55.